The topological polar surface area (TPSA) is 15.7 Å². The third kappa shape index (κ3) is 3.58. The van der Waals surface area contributed by atoms with Crippen molar-refractivity contribution < 1.29 is 4.74 Å². The van der Waals surface area contributed by atoms with Crippen LogP contribution in [0.1, 0.15) is 36.4 Å². The first-order valence-electron chi connectivity index (χ1n) is 9.50. The van der Waals surface area contributed by atoms with E-state index in [1.54, 1.807) is 7.11 Å². The average molecular weight is 336 g/mol. The second kappa shape index (κ2) is 7.59. The molecule has 2 aliphatic rings. The first-order chi connectivity index (χ1) is 12.3. The molecule has 132 valence electrons. The van der Waals surface area contributed by atoms with Crippen LogP contribution >= 0.6 is 0 Å². The van der Waals surface area contributed by atoms with Crippen LogP contribution in [0.4, 0.5) is 0 Å². The molecule has 0 saturated carbocycles. The lowest BCUT2D eigenvalue weighted by atomic mass is 9.86. The summed E-state index contributed by atoms with van der Waals surface area (Å²) in [5.74, 6) is 1.00. The molecule has 0 bridgehead atoms. The number of hydrogen-bond donors (Lipinski definition) is 0. The molecular formula is C22H28N2O. The summed E-state index contributed by atoms with van der Waals surface area (Å²) >= 11 is 0. The summed E-state index contributed by atoms with van der Waals surface area (Å²) in [5.41, 5.74) is 2.73. The van der Waals surface area contributed by atoms with Crippen molar-refractivity contribution in [3.63, 3.8) is 0 Å². The van der Waals surface area contributed by atoms with Crippen LogP contribution in [0.25, 0.3) is 0 Å². The lowest BCUT2D eigenvalue weighted by Gasteiger charge is -2.50. The Hall–Kier alpha value is -1.84. The van der Waals surface area contributed by atoms with Crippen LogP contribution in [0.5, 0.6) is 5.75 Å². The Morgan fingerprint density at radius 2 is 1.68 bits per heavy atom. The van der Waals surface area contributed by atoms with E-state index in [2.05, 4.69) is 64.4 Å². The highest BCUT2D eigenvalue weighted by atomic mass is 16.5. The summed E-state index contributed by atoms with van der Waals surface area (Å²) in [7, 11) is 1.77. The molecular weight excluding hydrogens is 308 g/mol. The minimum absolute atomic E-state index is 0.527. The molecule has 3 heteroatoms. The van der Waals surface area contributed by atoms with Gasteiger partial charge in [-0.15, -0.1) is 0 Å². The molecule has 0 N–H and O–H groups in total. The molecule has 0 spiro atoms. The Bertz CT molecular complexity index is 681. The van der Waals surface area contributed by atoms with Crippen molar-refractivity contribution in [2.45, 2.75) is 37.9 Å². The number of para-hydroxylation sites is 1. The molecule has 2 heterocycles. The lowest BCUT2D eigenvalue weighted by molar-refractivity contribution is -0.0120. The number of benzene rings is 2. The highest BCUT2D eigenvalue weighted by molar-refractivity contribution is 5.34. The van der Waals surface area contributed by atoms with Crippen molar-refractivity contribution in [1.29, 1.82) is 0 Å². The maximum absolute atomic E-state index is 5.59. The van der Waals surface area contributed by atoms with E-state index >= 15 is 0 Å². The average Bonchev–Trinajstić information content (AvgIpc) is 3.17. The molecule has 3 nitrogen and oxygen atoms in total. The van der Waals surface area contributed by atoms with Gasteiger partial charge in [-0.2, -0.15) is 0 Å². The molecule has 2 saturated heterocycles. The highest BCUT2D eigenvalue weighted by Gasteiger charge is 2.40. The Morgan fingerprint density at radius 1 is 0.960 bits per heavy atom. The molecule has 2 unspecified atom stereocenters. The van der Waals surface area contributed by atoms with Crippen LogP contribution in [0.3, 0.4) is 0 Å². The van der Waals surface area contributed by atoms with Gasteiger partial charge in [0.2, 0.25) is 0 Å². The van der Waals surface area contributed by atoms with E-state index in [9.17, 15) is 0 Å². The van der Waals surface area contributed by atoms with Gasteiger partial charge < -0.3 is 9.64 Å². The van der Waals surface area contributed by atoms with E-state index in [4.69, 9.17) is 4.74 Å². The van der Waals surface area contributed by atoms with Gasteiger partial charge in [0.15, 0.2) is 0 Å². The first kappa shape index (κ1) is 16.6. The normalized spacial score (nSPS) is 24.2. The zero-order valence-electron chi connectivity index (χ0n) is 15.1. The van der Waals surface area contributed by atoms with Crippen LogP contribution in [0, 0.1) is 0 Å². The quantitative estimate of drug-likeness (QED) is 0.790. The number of rotatable bonds is 6. The number of methoxy groups -OCH3 is 1. The zero-order chi connectivity index (χ0) is 17.1. The molecule has 0 amide bonds. The van der Waals surface area contributed by atoms with E-state index in [1.807, 2.05) is 0 Å². The fourth-order valence-electron chi connectivity index (χ4n) is 4.36. The maximum Gasteiger partial charge on any atom is 0.123 e. The zero-order valence-corrected chi connectivity index (χ0v) is 15.1. The first-order valence-corrected chi connectivity index (χ1v) is 9.50. The van der Waals surface area contributed by atoms with Crippen molar-refractivity contribution in [1.82, 2.24) is 9.80 Å². The lowest BCUT2D eigenvalue weighted by Crippen LogP contribution is -2.54. The number of nitrogens with zero attached hydrogens (tertiary/aromatic N) is 2. The number of ether oxygens (including phenoxy) is 1. The minimum Gasteiger partial charge on any atom is -0.496 e. The van der Waals surface area contributed by atoms with Gasteiger partial charge in [-0.3, -0.25) is 4.90 Å². The summed E-state index contributed by atoms with van der Waals surface area (Å²) in [4.78, 5) is 5.31. The number of likely N-dealkylation sites (tertiary alicyclic amines) is 2. The van der Waals surface area contributed by atoms with Crippen LogP contribution in [-0.4, -0.2) is 42.6 Å². The fraction of sp³-hybridized carbons (Fsp3) is 0.455. The summed E-state index contributed by atoms with van der Waals surface area (Å²) in [6.45, 7) is 4.71. The molecule has 2 aromatic rings. The van der Waals surface area contributed by atoms with Gasteiger partial charge in [0.25, 0.3) is 0 Å². The predicted molar refractivity (Wildman–Crippen MR) is 102 cm³/mol. The monoisotopic (exact) mass is 336 g/mol. The predicted octanol–water partition coefficient (Wildman–Crippen LogP) is 4.11. The van der Waals surface area contributed by atoms with Crippen molar-refractivity contribution in [3.8, 4) is 5.75 Å². The molecule has 0 aliphatic carbocycles. The van der Waals surface area contributed by atoms with Gasteiger partial charge in [-0.25, -0.2) is 0 Å². The van der Waals surface area contributed by atoms with Crippen molar-refractivity contribution in [2.75, 3.05) is 26.7 Å². The van der Waals surface area contributed by atoms with Gasteiger partial charge in [0.1, 0.15) is 5.75 Å². The smallest absolute Gasteiger partial charge is 0.123 e. The Balaban J connectivity index is 1.53. The molecule has 2 atom stereocenters. The second-order valence-electron chi connectivity index (χ2n) is 7.31. The standard InChI is InChI=1S/C22H28N2O/c1-25-22-12-6-5-11-19(22)16-24-20(17-23-13-7-8-14-23)15-21(24)18-9-3-2-4-10-18/h2-6,9-12,20-21H,7-8,13-17H2,1H3. The van der Waals surface area contributed by atoms with Gasteiger partial charge in [0, 0.05) is 30.7 Å². The molecule has 25 heavy (non-hydrogen) atoms. The molecule has 0 aromatic heterocycles. The van der Waals surface area contributed by atoms with Gasteiger partial charge in [-0.1, -0.05) is 48.5 Å². The Kier molecular flexibility index (Phi) is 5.04. The van der Waals surface area contributed by atoms with Gasteiger partial charge in [-0.05, 0) is 44.0 Å². The minimum atomic E-state index is 0.527. The molecule has 0 radical (unpaired) electrons. The van der Waals surface area contributed by atoms with Crippen LogP contribution in [0.15, 0.2) is 54.6 Å². The molecule has 2 fully saturated rings. The summed E-state index contributed by atoms with van der Waals surface area (Å²) in [6.07, 6.45) is 3.98. The largest absolute Gasteiger partial charge is 0.496 e. The summed E-state index contributed by atoms with van der Waals surface area (Å²) in [6, 6.07) is 20.6. The Labute approximate surface area is 151 Å². The number of hydrogen-bond acceptors (Lipinski definition) is 3. The van der Waals surface area contributed by atoms with Gasteiger partial charge >= 0.3 is 0 Å². The molecule has 2 aliphatic heterocycles. The van der Waals surface area contributed by atoms with Crippen molar-refractivity contribution in [3.05, 3.63) is 65.7 Å². The second-order valence-corrected chi connectivity index (χ2v) is 7.31. The van der Waals surface area contributed by atoms with E-state index in [0.29, 0.717) is 12.1 Å². The third-order valence-corrected chi connectivity index (χ3v) is 5.76. The van der Waals surface area contributed by atoms with E-state index in [1.165, 1.54) is 50.0 Å². The summed E-state index contributed by atoms with van der Waals surface area (Å²) in [5, 5.41) is 0. The molecule has 4 rings (SSSR count). The Morgan fingerprint density at radius 3 is 2.44 bits per heavy atom. The van der Waals surface area contributed by atoms with Gasteiger partial charge in [0.05, 0.1) is 7.11 Å². The maximum atomic E-state index is 5.59. The molecule has 2 aromatic carbocycles. The summed E-state index contributed by atoms with van der Waals surface area (Å²) < 4.78 is 5.59. The van der Waals surface area contributed by atoms with Crippen molar-refractivity contribution >= 4 is 0 Å². The SMILES string of the molecule is COc1ccccc1CN1C(CN2CCCC2)CC1c1ccccc1. The van der Waals surface area contributed by atoms with E-state index in [-0.39, 0.29) is 0 Å². The fourth-order valence-corrected chi connectivity index (χ4v) is 4.36. The van der Waals surface area contributed by atoms with Crippen LogP contribution in [0.2, 0.25) is 0 Å². The van der Waals surface area contributed by atoms with E-state index in [0.717, 1.165) is 12.3 Å². The third-order valence-electron chi connectivity index (χ3n) is 5.76. The van der Waals surface area contributed by atoms with Crippen molar-refractivity contribution in [2.24, 2.45) is 0 Å². The van der Waals surface area contributed by atoms with Crippen LogP contribution in [-0.2, 0) is 6.54 Å². The van der Waals surface area contributed by atoms with Crippen LogP contribution < -0.4 is 4.74 Å². The highest BCUT2D eigenvalue weighted by Crippen LogP contribution is 2.41. The van der Waals surface area contributed by atoms with E-state index < -0.39 is 0 Å².